The highest BCUT2D eigenvalue weighted by molar-refractivity contribution is 5.97. The number of hydrogen-bond acceptors (Lipinski definition) is 4. The second-order valence-electron chi connectivity index (χ2n) is 8.00. The Morgan fingerprint density at radius 1 is 1.03 bits per heavy atom. The molecule has 2 amide bonds. The van der Waals surface area contributed by atoms with Crippen molar-refractivity contribution in [3.05, 3.63) is 65.7 Å². The van der Waals surface area contributed by atoms with Crippen molar-refractivity contribution in [2.45, 2.75) is 25.4 Å². The Morgan fingerprint density at radius 2 is 1.83 bits per heavy atom. The molecule has 2 aliphatic rings. The van der Waals surface area contributed by atoms with Gasteiger partial charge in [0, 0.05) is 38.3 Å². The highest BCUT2D eigenvalue weighted by Crippen LogP contribution is 2.21. The van der Waals surface area contributed by atoms with Crippen molar-refractivity contribution in [1.82, 2.24) is 15.1 Å². The molecule has 0 spiro atoms. The average Bonchev–Trinajstić information content (AvgIpc) is 2.79. The zero-order valence-electron chi connectivity index (χ0n) is 17.3. The highest BCUT2D eigenvalue weighted by atomic mass is 16.5. The summed E-state index contributed by atoms with van der Waals surface area (Å²) in [6, 6.07) is 17.9. The topological polar surface area (TPSA) is 61.9 Å². The van der Waals surface area contributed by atoms with E-state index in [4.69, 9.17) is 4.74 Å². The van der Waals surface area contributed by atoms with Crippen LogP contribution in [0.1, 0.15) is 28.8 Å². The van der Waals surface area contributed by atoms with Gasteiger partial charge < -0.3 is 19.9 Å². The molecule has 6 heteroatoms. The maximum Gasteiger partial charge on any atom is 0.254 e. The second-order valence-corrected chi connectivity index (χ2v) is 8.00. The van der Waals surface area contributed by atoms with E-state index in [0.29, 0.717) is 18.7 Å². The number of benzene rings is 2. The van der Waals surface area contributed by atoms with Gasteiger partial charge in [-0.1, -0.05) is 36.4 Å². The first-order valence-corrected chi connectivity index (χ1v) is 10.8. The summed E-state index contributed by atoms with van der Waals surface area (Å²) in [5, 5.41) is 2.74. The smallest absolute Gasteiger partial charge is 0.254 e. The summed E-state index contributed by atoms with van der Waals surface area (Å²) >= 11 is 0. The normalized spacial score (nSPS) is 18.1. The van der Waals surface area contributed by atoms with E-state index < -0.39 is 0 Å². The van der Waals surface area contributed by atoms with E-state index in [0.717, 1.165) is 44.6 Å². The second kappa shape index (κ2) is 9.76. The van der Waals surface area contributed by atoms with Gasteiger partial charge in [0.25, 0.3) is 5.91 Å². The predicted octanol–water partition coefficient (Wildman–Crippen LogP) is 2.34. The van der Waals surface area contributed by atoms with Crippen LogP contribution in [0.25, 0.3) is 0 Å². The van der Waals surface area contributed by atoms with Crippen LogP contribution in [0.15, 0.2) is 54.6 Å². The lowest BCUT2D eigenvalue weighted by atomic mass is 10.1. The van der Waals surface area contributed by atoms with Crippen LogP contribution in [0, 0.1) is 0 Å². The number of piperidine rings is 1. The zero-order chi connectivity index (χ0) is 20.8. The molecule has 2 aromatic rings. The van der Waals surface area contributed by atoms with Gasteiger partial charge in [-0.25, -0.2) is 0 Å². The van der Waals surface area contributed by atoms with Crippen LogP contribution in [-0.2, 0) is 11.2 Å². The van der Waals surface area contributed by atoms with E-state index >= 15 is 0 Å². The van der Waals surface area contributed by atoms with Gasteiger partial charge in [-0.15, -0.1) is 0 Å². The molecule has 0 atom stereocenters. The van der Waals surface area contributed by atoms with E-state index in [2.05, 4.69) is 40.5 Å². The Bertz CT molecular complexity index is 863. The number of hydrogen-bond donors (Lipinski definition) is 1. The number of carbonyl (C=O) groups excluding carboxylic acids is 2. The van der Waals surface area contributed by atoms with Crippen LogP contribution < -0.4 is 10.1 Å². The molecular formula is C24H29N3O3. The average molecular weight is 408 g/mol. The van der Waals surface area contributed by atoms with Crippen LogP contribution in [0.2, 0.25) is 0 Å². The fraction of sp³-hybridized carbons (Fsp3) is 0.417. The van der Waals surface area contributed by atoms with Crippen LogP contribution >= 0.6 is 0 Å². The summed E-state index contributed by atoms with van der Waals surface area (Å²) in [5.74, 6) is 0.497. The molecule has 0 bridgehead atoms. The van der Waals surface area contributed by atoms with Crippen molar-refractivity contribution in [3.8, 4) is 5.75 Å². The summed E-state index contributed by atoms with van der Waals surface area (Å²) in [6.45, 7) is 4.29. The number of nitrogens with one attached hydrogen (secondary N) is 1. The van der Waals surface area contributed by atoms with Gasteiger partial charge in [0.05, 0.1) is 6.54 Å². The molecular weight excluding hydrogens is 378 g/mol. The van der Waals surface area contributed by atoms with Crippen molar-refractivity contribution < 1.29 is 14.3 Å². The van der Waals surface area contributed by atoms with Crippen molar-refractivity contribution in [2.24, 2.45) is 0 Å². The molecule has 0 unspecified atom stereocenters. The Kier molecular flexibility index (Phi) is 6.64. The molecule has 0 aliphatic carbocycles. The van der Waals surface area contributed by atoms with Gasteiger partial charge >= 0.3 is 0 Å². The standard InChI is InChI=1S/C24H29N3O3/c28-23-18-27(16-12-25-23)24(29)20-7-4-8-22(17-20)30-21-10-14-26(15-11-21)13-9-19-5-2-1-3-6-19/h1-8,17,21H,9-16,18H2,(H,25,28). The first-order valence-electron chi connectivity index (χ1n) is 10.8. The van der Waals surface area contributed by atoms with E-state index in [1.165, 1.54) is 5.56 Å². The molecule has 158 valence electrons. The first kappa shape index (κ1) is 20.4. The van der Waals surface area contributed by atoms with Crippen LogP contribution in [0.5, 0.6) is 5.75 Å². The van der Waals surface area contributed by atoms with E-state index in [-0.39, 0.29) is 24.5 Å². The number of likely N-dealkylation sites (tertiary alicyclic amines) is 1. The molecule has 4 rings (SSSR count). The minimum absolute atomic E-state index is 0.110. The summed E-state index contributed by atoms with van der Waals surface area (Å²) in [6.07, 6.45) is 3.22. The molecule has 30 heavy (non-hydrogen) atoms. The first-order chi connectivity index (χ1) is 14.7. The number of nitrogens with zero attached hydrogens (tertiary/aromatic N) is 2. The van der Waals surface area contributed by atoms with Gasteiger partial charge in [-0.2, -0.15) is 0 Å². The number of rotatable bonds is 6. The highest BCUT2D eigenvalue weighted by Gasteiger charge is 2.24. The number of ether oxygens (including phenoxy) is 1. The third kappa shape index (κ3) is 5.39. The lowest BCUT2D eigenvalue weighted by Gasteiger charge is -2.32. The maximum atomic E-state index is 12.7. The van der Waals surface area contributed by atoms with E-state index in [1.807, 2.05) is 12.1 Å². The molecule has 0 aromatic heterocycles. The van der Waals surface area contributed by atoms with Crippen LogP contribution in [-0.4, -0.2) is 67.0 Å². The fourth-order valence-corrected chi connectivity index (χ4v) is 4.07. The number of piperazine rings is 1. The Balaban J connectivity index is 1.26. The summed E-state index contributed by atoms with van der Waals surface area (Å²) < 4.78 is 6.19. The van der Waals surface area contributed by atoms with Crippen molar-refractivity contribution in [3.63, 3.8) is 0 Å². The zero-order valence-corrected chi connectivity index (χ0v) is 17.3. The van der Waals surface area contributed by atoms with Gasteiger partial charge in [-0.3, -0.25) is 9.59 Å². The molecule has 0 radical (unpaired) electrons. The minimum Gasteiger partial charge on any atom is -0.490 e. The lowest BCUT2D eigenvalue weighted by Crippen LogP contribution is -2.49. The van der Waals surface area contributed by atoms with Crippen molar-refractivity contribution >= 4 is 11.8 Å². The molecule has 2 aromatic carbocycles. The molecule has 2 heterocycles. The lowest BCUT2D eigenvalue weighted by molar-refractivity contribution is -0.123. The molecule has 0 saturated carbocycles. The SMILES string of the molecule is O=C1CN(C(=O)c2cccc(OC3CCN(CCc4ccccc4)CC3)c2)CCN1. The fourth-order valence-electron chi connectivity index (χ4n) is 4.07. The predicted molar refractivity (Wildman–Crippen MR) is 116 cm³/mol. The van der Waals surface area contributed by atoms with Gasteiger partial charge in [0.1, 0.15) is 11.9 Å². The molecule has 2 aliphatic heterocycles. The maximum absolute atomic E-state index is 12.7. The third-order valence-corrected chi connectivity index (χ3v) is 5.80. The van der Waals surface area contributed by atoms with E-state index in [1.54, 1.807) is 17.0 Å². The monoisotopic (exact) mass is 407 g/mol. The van der Waals surface area contributed by atoms with Gasteiger partial charge in [-0.05, 0) is 43.0 Å². The summed E-state index contributed by atoms with van der Waals surface area (Å²) in [7, 11) is 0. The number of carbonyl (C=O) groups is 2. The van der Waals surface area contributed by atoms with Crippen LogP contribution in [0.3, 0.4) is 0 Å². The molecule has 2 saturated heterocycles. The molecule has 6 nitrogen and oxygen atoms in total. The van der Waals surface area contributed by atoms with Crippen molar-refractivity contribution in [1.29, 1.82) is 0 Å². The quantitative estimate of drug-likeness (QED) is 0.799. The Hall–Kier alpha value is -2.86. The van der Waals surface area contributed by atoms with Crippen LogP contribution in [0.4, 0.5) is 0 Å². The minimum atomic E-state index is -0.119. The third-order valence-electron chi connectivity index (χ3n) is 5.80. The van der Waals surface area contributed by atoms with Gasteiger partial charge in [0.2, 0.25) is 5.91 Å². The van der Waals surface area contributed by atoms with Gasteiger partial charge in [0.15, 0.2) is 0 Å². The van der Waals surface area contributed by atoms with Crippen molar-refractivity contribution in [2.75, 3.05) is 39.3 Å². The Labute approximate surface area is 177 Å². The summed E-state index contributed by atoms with van der Waals surface area (Å²) in [4.78, 5) is 28.3. The summed E-state index contributed by atoms with van der Waals surface area (Å²) in [5.41, 5.74) is 1.95. The molecule has 1 N–H and O–H groups in total. The largest absolute Gasteiger partial charge is 0.490 e. The number of amides is 2. The molecule has 2 fully saturated rings. The Morgan fingerprint density at radius 3 is 2.60 bits per heavy atom. The van der Waals surface area contributed by atoms with E-state index in [9.17, 15) is 9.59 Å².